The number of halogens is 1. The van der Waals surface area contributed by atoms with Crippen molar-refractivity contribution in [3.05, 3.63) is 56.7 Å². The maximum absolute atomic E-state index is 4.84. The van der Waals surface area contributed by atoms with Crippen LogP contribution >= 0.6 is 27.3 Å². The van der Waals surface area contributed by atoms with Gasteiger partial charge in [0.15, 0.2) is 0 Å². The second-order valence-electron chi connectivity index (χ2n) is 4.19. The molecule has 0 amide bonds. The van der Waals surface area contributed by atoms with E-state index in [9.17, 15) is 0 Å². The maximum atomic E-state index is 4.84. The minimum Gasteiger partial charge on any atom is -0.281 e. The zero-order valence-electron chi connectivity index (χ0n) is 9.27. The van der Waals surface area contributed by atoms with Gasteiger partial charge in [0.2, 0.25) is 0 Å². The van der Waals surface area contributed by atoms with Crippen molar-refractivity contribution in [2.75, 3.05) is 0 Å². The van der Waals surface area contributed by atoms with Gasteiger partial charge in [-0.05, 0) is 47.4 Å². The number of thiophene rings is 1. The van der Waals surface area contributed by atoms with Crippen LogP contribution in [0.1, 0.15) is 30.0 Å². The molecule has 3 heteroatoms. The summed E-state index contributed by atoms with van der Waals surface area (Å²) < 4.78 is 1.13. The lowest BCUT2D eigenvalue weighted by molar-refractivity contribution is 0.723. The van der Waals surface area contributed by atoms with Crippen molar-refractivity contribution in [1.29, 1.82) is 0 Å². The van der Waals surface area contributed by atoms with Crippen LogP contribution in [0.4, 0.5) is 0 Å². The van der Waals surface area contributed by atoms with E-state index in [1.165, 1.54) is 16.8 Å². The molecule has 1 aromatic carbocycles. The summed E-state index contributed by atoms with van der Waals surface area (Å²) >= 11 is 5.20. The van der Waals surface area contributed by atoms with Gasteiger partial charge in [0.05, 0.1) is 6.04 Å². The van der Waals surface area contributed by atoms with Gasteiger partial charge >= 0.3 is 0 Å². The van der Waals surface area contributed by atoms with Gasteiger partial charge in [-0.25, -0.2) is 0 Å². The Balaban J connectivity index is 1.85. The molecule has 0 saturated carbocycles. The fourth-order valence-corrected chi connectivity index (χ4v) is 3.09. The number of hydrogen-bond acceptors (Lipinski definition) is 2. The lowest BCUT2D eigenvalue weighted by Gasteiger charge is -2.06. The minimum absolute atomic E-state index is 0.345. The van der Waals surface area contributed by atoms with Gasteiger partial charge in [0.1, 0.15) is 0 Å². The number of benzene rings is 1. The van der Waals surface area contributed by atoms with Crippen molar-refractivity contribution in [3.63, 3.8) is 0 Å². The van der Waals surface area contributed by atoms with Crippen LogP contribution in [0, 0.1) is 0 Å². The first kappa shape index (κ1) is 11.2. The summed E-state index contributed by atoms with van der Waals surface area (Å²) in [4.78, 5) is 4.84. The molecule has 0 spiro atoms. The van der Waals surface area contributed by atoms with E-state index in [4.69, 9.17) is 4.99 Å². The molecular weight excluding hydrogens is 294 g/mol. The van der Waals surface area contributed by atoms with Crippen LogP contribution in [0.3, 0.4) is 0 Å². The standard InChI is InChI=1S/C14H12BrNS/c15-12-3-1-10(2-4-12)13-5-6-14(16-13)11-7-8-17-9-11/h1-4,7-9,13H,5-6H2. The van der Waals surface area contributed by atoms with Crippen LogP contribution in [0.2, 0.25) is 0 Å². The topological polar surface area (TPSA) is 12.4 Å². The summed E-state index contributed by atoms with van der Waals surface area (Å²) in [5, 5.41) is 4.30. The first-order valence-corrected chi connectivity index (χ1v) is 7.41. The molecule has 1 nitrogen and oxygen atoms in total. The molecule has 0 saturated heterocycles. The summed E-state index contributed by atoms with van der Waals surface area (Å²) in [6, 6.07) is 11.0. The van der Waals surface area contributed by atoms with Crippen LogP contribution < -0.4 is 0 Å². The highest BCUT2D eigenvalue weighted by atomic mass is 79.9. The Morgan fingerprint density at radius 1 is 1.18 bits per heavy atom. The average molecular weight is 306 g/mol. The van der Waals surface area contributed by atoms with Crippen molar-refractivity contribution >= 4 is 33.0 Å². The smallest absolute Gasteiger partial charge is 0.0756 e. The summed E-state index contributed by atoms with van der Waals surface area (Å²) in [7, 11) is 0. The van der Waals surface area contributed by atoms with E-state index in [2.05, 4.69) is 57.0 Å². The largest absolute Gasteiger partial charge is 0.281 e. The molecule has 1 unspecified atom stereocenters. The van der Waals surface area contributed by atoms with Crippen LogP contribution in [0.15, 0.2) is 50.6 Å². The summed E-state index contributed by atoms with van der Waals surface area (Å²) in [5.74, 6) is 0. The van der Waals surface area contributed by atoms with Crippen LogP contribution in [-0.2, 0) is 0 Å². The molecule has 17 heavy (non-hydrogen) atoms. The van der Waals surface area contributed by atoms with Crippen molar-refractivity contribution in [1.82, 2.24) is 0 Å². The van der Waals surface area contributed by atoms with E-state index in [0.29, 0.717) is 6.04 Å². The van der Waals surface area contributed by atoms with E-state index in [1.54, 1.807) is 11.3 Å². The van der Waals surface area contributed by atoms with E-state index in [-0.39, 0.29) is 0 Å². The lowest BCUT2D eigenvalue weighted by atomic mass is 10.0. The lowest BCUT2D eigenvalue weighted by Crippen LogP contribution is -1.91. The Hall–Kier alpha value is -0.930. The van der Waals surface area contributed by atoms with Gasteiger partial charge in [-0.2, -0.15) is 11.3 Å². The van der Waals surface area contributed by atoms with Gasteiger partial charge in [-0.3, -0.25) is 4.99 Å². The molecule has 0 N–H and O–H groups in total. The molecule has 0 bridgehead atoms. The van der Waals surface area contributed by atoms with Crippen molar-refractivity contribution in [3.8, 4) is 0 Å². The van der Waals surface area contributed by atoms with Crippen LogP contribution in [0.5, 0.6) is 0 Å². The van der Waals surface area contributed by atoms with Crippen molar-refractivity contribution < 1.29 is 0 Å². The Kier molecular flexibility index (Phi) is 3.12. The fourth-order valence-electron chi connectivity index (χ4n) is 2.16. The second-order valence-corrected chi connectivity index (χ2v) is 5.89. The Bertz CT molecular complexity index is 528. The monoisotopic (exact) mass is 305 g/mol. The molecule has 0 aliphatic carbocycles. The number of nitrogens with zero attached hydrogens (tertiary/aromatic N) is 1. The second kappa shape index (κ2) is 4.75. The van der Waals surface area contributed by atoms with Gasteiger partial charge in [0, 0.05) is 15.7 Å². The number of rotatable bonds is 2. The van der Waals surface area contributed by atoms with E-state index in [1.807, 2.05) is 0 Å². The Morgan fingerprint density at radius 3 is 2.71 bits per heavy atom. The third-order valence-corrected chi connectivity index (χ3v) is 4.29. The summed E-state index contributed by atoms with van der Waals surface area (Å²) in [6.07, 6.45) is 2.23. The predicted molar refractivity (Wildman–Crippen MR) is 77.0 cm³/mol. The SMILES string of the molecule is Brc1ccc(C2CCC(c3ccsc3)=N2)cc1. The first-order valence-electron chi connectivity index (χ1n) is 5.67. The molecule has 2 aromatic rings. The first-order chi connectivity index (χ1) is 8.33. The third kappa shape index (κ3) is 2.35. The normalized spacial score (nSPS) is 19.4. The number of aliphatic imine (C=N–C) groups is 1. The van der Waals surface area contributed by atoms with E-state index >= 15 is 0 Å². The van der Waals surface area contributed by atoms with Crippen LogP contribution in [-0.4, -0.2) is 5.71 Å². The molecule has 1 aliphatic rings. The average Bonchev–Trinajstić information content (AvgIpc) is 3.00. The highest BCUT2D eigenvalue weighted by Crippen LogP contribution is 2.31. The highest BCUT2D eigenvalue weighted by Gasteiger charge is 2.20. The third-order valence-electron chi connectivity index (χ3n) is 3.08. The molecule has 1 atom stereocenters. The fraction of sp³-hybridized carbons (Fsp3) is 0.214. The Labute approximate surface area is 113 Å². The Morgan fingerprint density at radius 2 is 2.00 bits per heavy atom. The van der Waals surface area contributed by atoms with E-state index in [0.717, 1.165) is 17.3 Å². The van der Waals surface area contributed by atoms with Crippen molar-refractivity contribution in [2.24, 2.45) is 4.99 Å². The van der Waals surface area contributed by atoms with Gasteiger partial charge < -0.3 is 0 Å². The molecular formula is C14H12BrNS. The zero-order chi connectivity index (χ0) is 11.7. The highest BCUT2D eigenvalue weighted by molar-refractivity contribution is 9.10. The predicted octanol–water partition coefficient (Wildman–Crippen LogP) is 4.83. The summed E-state index contributed by atoms with van der Waals surface area (Å²) in [5.41, 5.74) is 3.88. The van der Waals surface area contributed by atoms with Gasteiger partial charge in [0.25, 0.3) is 0 Å². The quantitative estimate of drug-likeness (QED) is 0.753. The zero-order valence-corrected chi connectivity index (χ0v) is 11.7. The molecule has 86 valence electrons. The van der Waals surface area contributed by atoms with E-state index < -0.39 is 0 Å². The molecule has 2 heterocycles. The molecule has 1 aliphatic heterocycles. The molecule has 0 radical (unpaired) electrons. The molecule has 0 fully saturated rings. The van der Waals surface area contributed by atoms with Gasteiger partial charge in [-0.15, -0.1) is 0 Å². The van der Waals surface area contributed by atoms with Crippen molar-refractivity contribution in [2.45, 2.75) is 18.9 Å². The van der Waals surface area contributed by atoms with Gasteiger partial charge in [-0.1, -0.05) is 28.1 Å². The summed E-state index contributed by atoms with van der Waals surface area (Å²) in [6.45, 7) is 0. The number of hydrogen-bond donors (Lipinski definition) is 0. The molecule has 3 rings (SSSR count). The maximum Gasteiger partial charge on any atom is 0.0756 e. The molecule has 1 aromatic heterocycles. The minimum atomic E-state index is 0.345. The van der Waals surface area contributed by atoms with Crippen LogP contribution in [0.25, 0.3) is 0 Å².